The minimum absolute atomic E-state index is 0.280. The zero-order chi connectivity index (χ0) is 23.1. The van der Waals surface area contributed by atoms with E-state index in [1.807, 2.05) is 37.5 Å². The molecular formula is C24H37N3O4. The van der Waals surface area contributed by atoms with Crippen molar-refractivity contribution in [3.63, 3.8) is 0 Å². The monoisotopic (exact) mass is 431 g/mol. The fourth-order valence-corrected chi connectivity index (χ4v) is 4.29. The molecule has 0 saturated heterocycles. The lowest BCUT2D eigenvalue weighted by molar-refractivity contribution is 0.608. The molecule has 0 atom stereocenters. The standard InChI is InChI=1S/C24H37N3O4/c1-6-11-12-13-14-15-16-27(19-17(21(28)23(19)30)25(7-2)8-3)20-18(22(29)24(20)31)26(9-4)10-5/h6-16H2,1-5H3. The molecule has 0 aliphatic rings. The van der Waals surface area contributed by atoms with Gasteiger partial charge in [-0.3, -0.25) is 19.2 Å². The number of rotatable bonds is 15. The van der Waals surface area contributed by atoms with Crippen LogP contribution in [-0.4, -0.2) is 32.7 Å². The summed E-state index contributed by atoms with van der Waals surface area (Å²) in [5.74, 6) is 0. The molecule has 0 radical (unpaired) electrons. The van der Waals surface area contributed by atoms with E-state index >= 15 is 0 Å². The summed E-state index contributed by atoms with van der Waals surface area (Å²) in [5.41, 5.74) is -0.827. The Morgan fingerprint density at radius 2 is 0.839 bits per heavy atom. The lowest BCUT2D eigenvalue weighted by atomic mass is 10.0. The summed E-state index contributed by atoms with van der Waals surface area (Å²) in [5, 5.41) is 0. The first-order valence-electron chi connectivity index (χ1n) is 11.8. The van der Waals surface area contributed by atoms with Gasteiger partial charge in [0.05, 0.1) is 0 Å². The summed E-state index contributed by atoms with van der Waals surface area (Å²) in [6.45, 7) is 12.7. The highest BCUT2D eigenvalue weighted by molar-refractivity contribution is 5.88. The van der Waals surface area contributed by atoms with Gasteiger partial charge in [0, 0.05) is 32.7 Å². The molecule has 0 saturated carbocycles. The highest BCUT2D eigenvalue weighted by Gasteiger charge is 2.36. The molecule has 0 spiro atoms. The first-order chi connectivity index (χ1) is 14.9. The van der Waals surface area contributed by atoms with Crippen LogP contribution in [0.15, 0.2) is 19.2 Å². The van der Waals surface area contributed by atoms with E-state index in [1.54, 1.807) is 4.90 Å². The molecule has 7 nitrogen and oxygen atoms in total. The first kappa shape index (κ1) is 24.8. The van der Waals surface area contributed by atoms with Gasteiger partial charge in [0.25, 0.3) is 21.7 Å². The Bertz CT molecular complexity index is 915. The quantitative estimate of drug-likeness (QED) is 0.317. The van der Waals surface area contributed by atoms with Crippen molar-refractivity contribution in [1.29, 1.82) is 0 Å². The maximum Gasteiger partial charge on any atom is 0.253 e. The van der Waals surface area contributed by atoms with Gasteiger partial charge in [0.2, 0.25) is 0 Å². The maximum atomic E-state index is 12.7. The third-order valence-corrected chi connectivity index (χ3v) is 6.16. The fourth-order valence-electron chi connectivity index (χ4n) is 4.29. The average Bonchev–Trinajstić information content (AvgIpc) is 2.79. The van der Waals surface area contributed by atoms with Crippen LogP contribution in [0.5, 0.6) is 0 Å². The Labute approximate surface area is 184 Å². The van der Waals surface area contributed by atoms with Crippen molar-refractivity contribution in [3.05, 3.63) is 40.9 Å². The van der Waals surface area contributed by atoms with Gasteiger partial charge >= 0.3 is 0 Å². The van der Waals surface area contributed by atoms with Gasteiger partial charge in [-0.15, -0.1) is 0 Å². The Morgan fingerprint density at radius 1 is 0.484 bits per heavy atom. The molecule has 0 fully saturated rings. The van der Waals surface area contributed by atoms with E-state index in [0.29, 0.717) is 44.1 Å². The van der Waals surface area contributed by atoms with Gasteiger partial charge in [-0.05, 0) is 34.1 Å². The topological polar surface area (TPSA) is 78.0 Å². The Morgan fingerprint density at radius 3 is 1.23 bits per heavy atom. The SMILES string of the molecule is CCCCCCCCN(c1c(N(CC)CC)c(=O)c1=O)c1c(N(CC)CC)c(=O)c1=O. The molecule has 0 N–H and O–H groups in total. The van der Waals surface area contributed by atoms with Gasteiger partial charge in [-0.25, -0.2) is 0 Å². The smallest absolute Gasteiger partial charge is 0.253 e. The molecular weight excluding hydrogens is 394 g/mol. The second-order valence-electron chi connectivity index (χ2n) is 7.97. The molecule has 2 rings (SSSR count). The summed E-state index contributed by atoms with van der Waals surface area (Å²) in [6, 6.07) is 0. The van der Waals surface area contributed by atoms with Crippen molar-refractivity contribution in [2.24, 2.45) is 0 Å². The van der Waals surface area contributed by atoms with E-state index < -0.39 is 21.7 Å². The van der Waals surface area contributed by atoms with Gasteiger partial charge in [-0.1, -0.05) is 39.0 Å². The Balaban J connectivity index is 2.46. The van der Waals surface area contributed by atoms with Crippen molar-refractivity contribution in [1.82, 2.24) is 0 Å². The van der Waals surface area contributed by atoms with Crippen molar-refractivity contribution in [3.8, 4) is 0 Å². The van der Waals surface area contributed by atoms with Crippen molar-refractivity contribution in [2.45, 2.75) is 73.1 Å². The highest BCUT2D eigenvalue weighted by Crippen LogP contribution is 2.35. The lowest BCUT2D eigenvalue weighted by Gasteiger charge is -2.35. The van der Waals surface area contributed by atoms with Gasteiger partial charge < -0.3 is 14.7 Å². The highest BCUT2D eigenvalue weighted by atomic mass is 16.2. The molecule has 7 heteroatoms. The van der Waals surface area contributed by atoms with Crippen LogP contribution in [0.4, 0.5) is 22.7 Å². The minimum Gasteiger partial charge on any atom is -0.367 e. The lowest BCUT2D eigenvalue weighted by Crippen LogP contribution is -2.50. The molecule has 2 aromatic carbocycles. The fraction of sp³-hybridized carbons (Fsp3) is 0.667. The predicted octanol–water partition coefficient (Wildman–Crippen LogP) is 3.07. The van der Waals surface area contributed by atoms with Crippen LogP contribution in [0.2, 0.25) is 0 Å². The van der Waals surface area contributed by atoms with E-state index in [-0.39, 0.29) is 11.4 Å². The maximum absolute atomic E-state index is 12.7. The van der Waals surface area contributed by atoms with E-state index in [2.05, 4.69) is 6.92 Å². The normalized spacial score (nSPS) is 11.4. The van der Waals surface area contributed by atoms with Crippen LogP contribution < -0.4 is 36.4 Å². The molecule has 0 unspecified atom stereocenters. The molecule has 172 valence electrons. The van der Waals surface area contributed by atoms with Crippen LogP contribution in [0.1, 0.15) is 73.1 Å². The number of anilines is 4. The molecule has 0 heterocycles. The van der Waals surface area contributed by atoms with Crippen LogP contribution in [-0.2, 0) is 0 Å². The second-order valence-corrected chi connectivity index (χ2v) is 7.97. The summed E-state index contributed by atoms with van der Waals surface area (Å²) < 4.78 is 0. The first-order valence-corrected chi connectivity index (χ1v) is 11.8. The third-order valence-electron chi connectivity index (χ3n) is 6.16. The van der Waals surface area contributed by atoms with Crippen LogP contribution >= 0.6 is 0 Å². The summed E-state index contributed by atoms with van der Waals surface area (Å²) in [4.78, 5) is 55.6. The summed E-state index contributed by atoms with van der Waals surface area (Å²) >= 11 is 0. The Hall–Kier alpha value is -2.44. The van der Waals surface area contributed by atoms with E-state index in [0.717, 1.165) is 25.7 Å². The van der Waals surface area contributed by atoms with Crippen LogP contribution in [0.3, 0.4) is 0 Å². The zero-order valence-corrected chi connectivity index (χ0v) is 19.8. The van der Waals surface area contributed by atoms with E-state index in [9.17, 15) is 19.2 Å². The van der Waals surface area contributed by atoms with Crippen LogP contribution in [0, 0.1) is 0 Å². The Kier molecular flexibility index (Phi) is 9.01. The minimum atomic E-state index is -0.563. The second kappa shape index (κ2) is 11.3. The van der Waals surface area contributed by atoms with Crippen molar-refractivity contribution >= 4 is 22.7 Å². The molecule has 0 aromatic heterocycles. The number of hydrogen-bond donors (Lipinski definition) is 0. The third kappa shape index (κ3) is 4.75. The molecule has 2 aromatic rings. The largest absolute Gasteiger partial charge is 0.367 e. The molecule has 0 aliphatic carbocycles. The molecule has 0 amide bonds. The summed E-state index contributed by atoms with van der Waals surface area (Å²) in [7, 11) is 0. The molecule has 0 bridgehead atoms. The molecule has 0 aliphatic heterocycles. The number of nitrogens with zero attached hydrogens (tertiary/aromatic N) is 3. The van der Waals surface area contributed by atoms with E-state index in [1.165, 1.54) is 12.8 Å². The van der Waals surface area contributed by atoms with Crippen LogP contribution in [0.25, 0.3) is 0 Å². The number of hydrogen-bond acceptors (Lipinski definition) is 7. The molecule has 31 heavy (non-hydrogen) atoms. The average molecular weight is 432 g/mol. The van der Waals surface area contributed by atoms with Gasteiger partial charge in [0.15, 0.2) is 0 Å². The van der Waals surface area contributed by atoms with Gasteiger partial charge in [-0.2, -0.15) is 0 Å². The zero-order valence-electron chi connectivity index (χ0n) is 19.8. The van der Waals surface area contributed by atoms with Crippen molar-refractivity contribution < 1.29 is 0 Å². The predicted molar refractivity (Wildman–Crippen MR) is 130 cm³/mol. The number of unbranched alkanes of at least 4 members (excludes halogenated alkanes) is 5. The van der Waals surface area contributed by atoms with E-state index in [4.69, 9.17) is 0 Å². The van der Waals surface area contributed by atoms with Gasteiger partial charge in [0.1, 0.15) is 22.7 Å². The van der Waals surface area contributed by atoms with Crippen molar-refractivity contribution in [2.75, 3.05) is 47.4 Å². The summed E-state index contributed by atoms with van der Waals surface area (Å²) in [6.07, 6.45) is 6.37.